The van der Waals surface area contributed by atoms with Crippen molar-refractivity contribution in [1.82, 2.24) is 39.5 Å². The minimum absolute atomic E-state index is 0. The summed E-state index contributed by atoms with van der Waals surface area (Å²) in [7, 11) is 0. The summed E-state index contributed by atoms with van der Waals surface area (Å²) >= 11 is 0. The standard InChI is InChI=1S/2C27H24F3N5O4.Ca/c2*28-27(29,30)19-6-4-5-17(13-19)25-18(9-10-21(36)14-22(37)15-24(38)39)16-32-35(25)23-11-12-31-26(34-23)33-20-7-2-1-3-8-20;/h2*1-13,16,21-22,36-37H,14-15H2,(H,38,39)(H,31,33,34);/q;;+2/p-2/b2*10-9+;/t2*21-,22-;/m11./s1. The molecule has 4 heterocycles. The second kappa shape index (κ2) is 27.7. The Morgan fingerprint density at radius 1 is 0.557 bits per heavy atom. The van der Waals surface area contributed by atoms with Gasteiger partial charge >= 0.3 is 50.1 Å². The fourth-order valence-electron chi connectivity index (χ4n) is 7.63. The van der Waals surface area contributed by atoms with Crippen LogP contribution in [0, 0.1) is 0 Å². The average molecular weight is 1120 g/mol. The zero-order valence-corrected chi connectivity index (χ0v) is 43.5. The van der Waals surface area contributed by atoms with Crippen LogP contribution in [0.25, 0.3) is 46.3 Å². The van der Waals surface area contributed by atoms with Gasteiger partial charge in [-0.1, -0.05) is 85.0 Å². The molecule has 0 aliphatic carbocycles. The van der Waals surface area contributed by atoms with Gasteiger partial charge in [0.25, 0.3) is 0 Å². The fraction of sp³-hybridized carbons (Fsp3) is 0.185. The van der Waals surface area contributed by atoms with Gasteiger partial charge in [0.2, 0.25) is 11.9 Å². The number of carboxylic acid groups (broad SMARTS) is 2. The van der Waals surface area contributed by atoms with Gasteiger partial charge in [0.15, 0.2) is 11.6 Å². The summed E-state index contributed by atoms with van der Waals surface area (Å²) in [6.45, 7) is 0. The maximum absolute atomic E-state index is 13.5. The molecule has 4 atom stereocenters. The molecule has 25 heteroatoms. The quantitative estimate of drug-likeness (QED) is 0.0359. The molecular weight excluding hydrogens is 1070 g/mol. The van der Waals surface area contributed by atoms with E-state index in [4.69, 9.17) is 0 Å². The summed E-state index contributed by atoms with van der Waals surface area (Å²) in [6.07, 6.45) is -4.99. The number of carboxylic acids is 2. The van der Waals surface area contributed by atoms with Gasteiger partial charge in [0.05, 0.1) is 59.3 Å². The number of carbonyl (C=O) groups excluding carboxylic acids is 2. The second-order valence-corrected chi connectivity index (χ2v) is 17.1. The molecule has 8 aromatic rings. The van der Waals surface area contributed by atoms with Gasteiger partial charge in [-0.3, -0.25) is 0 Å². The number of nitrogens with zero attached hydrogens (tertiary/aromatic N) is 8. The molecule has 0 aliphatic heterocycles. The number of aromatic nitrogens is 8. The number of hydrogen-bond acceptors (Lipinski definition) is 16. The Morgan fingerprint density at radius 2 is 0.937 bits per heavy atom. The van der Waals surface area contributed by atoms with Crippen molar-refractivity contribution in [2.75, 3.05) is 10.6 Å². The Balaban J connectivity index is 0.000000252. The molecule has 0 unspecified atom stereocenters. The van der Waals surface area contributed by atoms with E-state index in [9.17, 15) is 66.6 Å². The number of halogens is 6. The number of rotatable bonds is 20. The van der Waals surface area contributed by atoms with Gasteiger partial charge in [-0.05, 0) is 48.5 Å². The van der Waals surface area contributed by atoms with E-state index in [2.05, 4.69) is 40.8 Å². The summed E-state index contributed by atoms with van der Waals surface area (Å²) in [5.41, 5.74) is 1.31. The van der Waals surface area contributed by atoms with Crippen molar-refractivity contribution in [3.05, 3.63) is 181 Å². The van der Waals surface area contributed by atoms with Crippen LogP contribution in [-0.4, -0.2) is 134 Å². The van der Waals surface area contributed by atoms with Crippen LogP contribution in [0.5, 0.6) is 0 Å². The van der Waals surface area contributed by atoms with Crippen molar-refractivity contribution in [3.63, 3.8) is 0 Å². The molecule has 79 heavy (non-hydrogen) atoms. The Bertz CT molecular complexity index is 3140. The predicted molar refractivity (Wildman–Crippen MR) is 275 cm³/mol. The molecule has 4 aromatic carbocycles. The van der Waals surface area contributed by atoms with Gasteiger partial charge in [-0.15, -0.1) is 0 Å². The Hall–Kier alpha value is -7.84. The summed E-state index contributed by atoms with van der Waals surface area (Å²) in [4.78, 5) is 38.6. The normalized spacial score (nSPS) is 13.2. The summed E-state index contributed by atoms with van der Waals surface area (Å²) in [5.74, 6) is -1.92. The van der Waals surface area contributed by atoms with E-state index in [1.165, 1.54) is 82.7 Å². The third-order valence-electron chi connectivity index (χ3n) is 11.1. The number of benzene rings is 4. The van der Waals surface area contributed by atoms with E-state index >= 15 is 0 Å². The minimum atomic E-state index is -4.58. The first-order valence-electron chi connectivity index (χ1n) is 23.5. The Kier molecular flexibility index (Phi) is 21.1. The molecule has 404 valence electrons. The van der Waals surface area contributed by atoms with Crippen molar-refractivity contribution in [1.29, 1.82) is 0 Å². The molecule has 0 bridgehead atoms. The van der Waals surface area contributed by atoms with Crippen LogP contribution in [0.15, 0.2) is 158 Å². The molecule has 18 nitrogen and oxygen atoms in total. The van der Waals surface area contributed by atoms with Gasteiger partial charge in [-0.25, -0.2) is 19.3 Å². The number of alkyl halides is 6. The molecule has 6 N–H and O–H groups in total. The molecule has 0 amide bonds. The fourth-order valence-corrected chi connectivity index (χ4v) is 7.63. The van der Waals surface area contributed by atoms with Crippen LogP contribution in [0.1, 0.15) is 47.9 Å². The van der Waals surface area contributed by atoms with Crippen molar-refractivity contribution >= 4 is 85.1 Å². The van der Waals surface area contributed by atoms with Crippen LogP contribution in [0.4, 0.5) is 49.6 Å². The van der Waals surface area contributed by atoms with Gasteiger partial charge in [-0.2, -0.15) is 46.5 Å². The summed E-state index contributed by atoms with van der Waals surface area (Å²) < 4.78 is 83.6. The van der Waals surface area contributed by atoms with E-state index in [1.807, 2.05) is 60.7 Å². The van der Waals surface area contributed by atoms with Crippen molar-refractivity contribution < 1.29 is 66.6 Å². The largest absolute Gasteiger partial charge is 2.00 e. The zero-order chi connectivity index (χ0) is 56.0. The van der Waals surface area contributed by atoms with Crippen LogP contribution < -0.4 is 20.8 Å². The number of carbonyl (C=O) groups is 2. The number of hydrogen-bond donors (Lipinski definition) is 6. The molecule has 0 saturated carbocycles. The Morgan fingerprint density at radius 3 is 1.29 bits per heavy atom. The van der Waals surface area contributed by atoms with Crippen molar-refractivity contribution in [3.8, 4) is 34.2 Å². The average Bonchev–Trinajstić information content (AvgIpc) is 4.08. The second-order valence-electron chi connectivity index (χ2n) is 17.1. The predicted octanol–water partition coefficient (Wildman–Crippen LogP) is 6.33. The maximum Gasteiger partial charge on any atom is 2.00 e. The minimum Gasteiger partial charge on any atom is -0.550 e. The number of aliphatic carboxylic acids is 2. The first kappa shape index (κ1) is 60.4. The van der Waals surface area contributed by atoms with Crippen LogP contribution in [0.2, 0.25) is 0 Å². The van der Waals surface area contributed by atoms with E-state index in [1.54, 1.807) is 12.1 Å². The van der Waals surface area contributed by atoms with Crippen molar-refractivity contribution in [2.24, 2.45) is 0 Å². The van der Waals surface area contributed by atoms with Gasteiger partial charge < -0.3 is 50.9 Å². The van der Waals surface area contributed by atoms with E-state index in [0.717, 1.165) is 35.6 Å². The maximum atomic E-state index is 13.5. The number of aliphatic hydroxyl groups excluding tert-OH is 4. The number of nitrogens with one attached hydrogen (secondary N) is 2. The van der Waals surface area contributed by atoms with Gasteiger partial charge in [0.1, 0.15) is 0 Å². The molecule has 4 aromatic heterocycles. The topological polar surface area (TPSA) is 272 Å². The summed E-state index contributed by atoms with van der Waals surface area (Å²) in [5, 5.41) is 76.1. The van der Waals surface area contributed by atoms with Crippen molar-refractivity contribution in [2.45, 2.75) is 62.5 Å². The van der Waals surface area contributed by atoms with E-state index in [0.29, 0.717) is 11.1 Å². The molecule has 0 aliphatic rings. The van der Waals surface area contributed by atoms with E-state index in [-0.39, 0.29) is 96.6 Å². The number of aliphatic hydroxyl groups is 4. The van der Waals surface area contributed by atoms with E-state index < -0.39 is 72.7 Å². The van der Waals surface area contributed by atoms with Crippen LogP contribution >= 0.6 is 0 Å². The summed E-state index contributed by atoms with van der Waals surface area (Å²) in [6, 6.07) is 30.8. The van der Waals surface area contributed by atoms with Crippen LogP contribution in [0.3, 0.4) is 0 Å². The number of anilines is 4. The molecular formula is C54H46CaF6N10O8. The third kappa shape index (κ3) is 17.6. The van der Waals surface area contributed by atoms with Crippen LogP contribution in [-0.2, 0) is 21.9 Å². The molecule has 8 rings (SSSR count). The zero-order valence-electron chi connectivity index (χ0n) is 41.3. The molecule has 0 spiro atoms. The third-order valence-corrected chi connectivity index (χ3v) is 11.1. The monoisotopic (exact) mass is 1120 g/mol. The SMILES string of the molecule is O=C([O-])C[C@H](O)C[C@H](O)/C=C/c1cnn(-c2ccnc(Nc3ccccc3)n2)c1-c1cccc(C(F)(F)F)c1.O=C([O-])C[C@H](O)C[C@H](O)/C=C/c1cnn(-c2ccnc(Nc3ccccc3)n2)c1-c1cccc(C(F)(F)F)c1.[Ca+2]. The first-order chi connectivity index (χ1) is 37.2. The smallest absolute Gasteiger partial charge is 0.550 e. The van der Waals surface area contributed by atoms with Gasteiger partial charge in [0, 0.05) is 95.8 Å². The molecule has 0 fully saturated rings. The molecule has 0 radical (unpaired) electrons. The Labute approximate surface area is 476 Å². The molecule has 0 saturated heterocycles. The first-order valence-corrected chi connectivity index (χ1v) is 23.5. The number of para-hydroxylation sites is 2.